The van der Waals surface area contributed by atoms with Gasteiger partial charge in [0.25, 0.3) is 0 Å². The second kappa shape index (κ2) is 5.52. The first-order valence-corrected chi connectivity index (χ1v) is 7.03. The van der Waals surface area contributed by atoms with Crippen LogP contribution < -0.4 is 4.90 Å². The summed E-state index contributed by atoms with van der Waals surface area (Å²) in [7, 11) is 1.78. The van der Waals surface area contributed by atoms with Crippen LogP contribution in [0.5, 0.6) is 0 Å². The molecule has 1 saturated heterocycles. The number of piperidine rings is 1. The van der Waals surface area contributed by atoms with Gasteiger partial charge < -0.3 is 9.64 Å². The summed E-state index contributed by atoms with van der Waals surface area (Å²) in [4.78, 5) is 2.38. The van der Waals surface area contributed by atoms with Crippen molar-refractivity contribution in [2.45, 2.75) is 18.9 Å². The van der Waals surface area contributed by atoms with Gasteiger partial charge in [-0.05, 0) is 25.0 Å². The van der Waals surface area contributed by atoms with E-state index >= 15 is 0 Å². The summed E-state index contributed by atoms with van der Waals surface area (Å²) in [6.45, 7) is 1.97. The van der Waals surface area contributed by atoms with Crippen LogP contribution in [0.1, 0.15) is 18.4 Å². The van der Waals surface area contributed by atoms with Crippen molar-refractivity contribution in [1.29, 1.82) is 5.26 Å². The van der Waals surface area contributed by atoms with Gasteiger partial charge in [-0.25, -0.2) is 0 Å². The molecule has 2 aromatic rings. The maximum atomic E-state index is 9.23. The van der Waals surface area contributed by atoms with Crippen LogP contribution in [-0.4, -0.2) is 26.3 Å². The van der Waals surface area contributed by atoms with Crippen molar-refractivity contribution >= 4 is 16.5 Å². The van der Waals surface area contributed by atoms with E-state index in [1.807, 2.05) is 24.3 Å². The molecule has 0 spiro atoms. The normalized spacial score (nSPS) is 19.0. The fourth-order valence-electron chi connectivity index (χ4n) is 3.01. The fourth-order valence-corrected chi connectivity index (χ4v) is 3.01. The highest BCUT2D eigenvalue weighted by atomic mass is 16.5. The molecule has 1 heterocycles. The maximum absolute atomic E-state index is 9.23. The van der Waals surface area contributed by atoms with E-state index in [1.165, 1.54) is 5.69 Å². The molecule has 1 atom stereocenters. The Bertz CT molecular complexity index is 660. The SMILES string of the molecule is COC1CCCN(c2ccc(C#N)c3ccccc23)C1. The number of nitrogens with zero attached hydrogens (tertiary/aromatic N) is 2. The molecule has 1 aliphatic rings. The molecule has 3 nitrogen and oxygen atoms in total. The summed E-state index contributed by atoms with van der Waals surface area (Å²) in [5.74, 6) is 0. The fraction of sp³-hybridized carbons (Fsp3) is 0.353. The van der Waals surface area contributed by atoms with E-state index in [2.05, 4.69) is 23.1 Å². The Labute approximate surface area is 119 Å². The average molecular weight is 266 g/mol. The average Bonchev–Trinajstić information content (AvgIpc) is 2.54. The zero-order valence-corrected chi connectivity index (χ0v) is 11.7. The van der Waals surface area contributed by atoms with Gasteiger partial charge in [0.15, 0.2) is 0 Å². The van der Waals surface area contributed by atoms with Crippen LogP contribution in [0.2, 0.25) is 0 Å². The summed E-state index contributed by atoms with van der Waals surface area (Å²) < 4.78 is 5.51. The quantitative estimate of drug-likeness (QED) is 0.836. The van der Waals surface area contributed by atoms with Crippen LogP contribution >= 0.6 is 0 Å². The lowest BCUT2D eigenvalue weighted by molar-refractivity contribution is 0.0894. The van der Waals surface area contributed by atoms with Gasteiger partial charge in [0.05, 0.1) is 17.7 Å². The van der Waals surface area contributed by atoms with Crippen LogP contribution in [0.3, 0.4) is 0 Å². The molecule has 3 rings (SSSR count). The number of hydrogen-bond acceptors (Lipinski definition) is 3. The highest BCUT2D eigenvalue weighted by Crippen LogP contribution is 2.31. The summed E-state index contributed by atoms with van der Waals surface area (Å²) in [5, 5.41) is 11.4. The lowest BCUT2D eigenvalue weighted by Crippen LogP contribution is -2.39. The van der Waals surface area contributed by atoms with E-state index in [1.54, 1.807) is 7.11 Å². The van der Waals surface area contributed by atoms with Crippen molar-refractivity contribution in [3.05, 3.63) is 42.0 Å². The number of nitriles is 1. The summed E-state index contributed by atoms with van der Waals surface area (Å²) in [6, 6.07) is 14.4. The molecule has 0 bridgehead atoms. The Morgan fingerprint density at radius 3 is 2.75 bits per heavy atom. The highest BCUT2D eigenvalue weighted by molar-refractivity contribution is 5.97. The van der Waals surface area contributed by atoms with Crippen LogP contribution in [0.4, 0.5) is 5.69 Å². The summed E-state index contributed by atoms with van der Waals surface area (Å²) >= 11 is 0. The molecule has 3 heteroatoms. The van der Waals surface area contributed by atoms with Crippen molar-refractivity contribution in [2.75, 3.05) is 25.1 Å². The lowest BCUT2D eigenvalue weighted by atomic mass is 10.0. The molecule has 102 valence electrons. The molecule has 0 aromatic heterocycles. The van der Waals surface area contributed by atoms with Crippen molar-refractivity contribution in [3.63, 3.8) is 0 Å². The van der Waals surface area contributed by atoms with Crippen molar-refractivity contribution in [2.24, 2.45) is 0 Å². The van der Waals surface area contributed by atoms with Gasteiger partial charge in [0, 0.05) is 36.7 Å². The third-order valence-corrected chi connectivity index (χ3v) is 4.07. The number of benzene rings is 2. The van der Waals surface area contributed by atoms with E-state index in [4.69, 9.17) is 4.74 Å². The molecule has 2 aromatic carbocycles. The van der Waals surface area contributed by atoms with Crippen molar-refractivity contribution in [3.8, 4) is 6.07 Å². The van der Waals surface area contributed by atoms with Crippen LogP contribution in [0.25, 0.3) is 10.8 Å². The molecular formula is C17H18N2O. The minimum atomic E-state index is 0.304. The molecule has 1 unspecified atom stereocenters. The standard InChI is InChI=1S/C17H18N2O/c1-20-14-5-4-10-19(12-14)17-9-8-13(11-18)15-6-2-3-7-16(15)17/h2-3,6-9,14H,4-5,10,12H2,1H3. The number of rotatable bonds is 2. The zero-order chi connectivity index (χ0) is 13.9. The van der Waals surface area contributed by atoms with Crippen LogP contribution in [-0.2, 0) is 4.74 Å². The monoisotopic (exact) mass is 266 g/mol. The van der Waals surface area contributed by atoms with Crippen molar-refractivity contribution < 1.29 is 4.74 Å². The Kier molecular flexibility index (Phi) is 3.58. The van der Waals surface area contributed by atoms with E-state index in [0.717, 1.165) is 42.3 Å². The summed E-state index contributed by atoms with van der Waals surface area (Å²) in [6.07, 6.45) is 2.58. The smallest absolute Gasteiger partial charge is 0.0998 e. The minimum absolute atomic E-state index is 0.304. The lowest BCUT2D eigenvalue weighted by Gasteiger charge is -2.34. The molecule has 0 saturated carbocycles. The molecule has 20 heavy (non-hydrogen) atoms. The molecule has 0 aliphatic carbocycles. The van der Waals surface area contributed by atoms with Crippen molar-refractivity contribution in [1.82, 2.24) is 0 Å². The number of anilines is 1. The first-order valence-electron chi connectivity index (χ1n) is 7.03. The van der Waals surface area contributed by atoms with Crippen LogP contribution in [0.15, 0.2) is 36.4 Å². The predicted octanol–water partition coefficient (Wildman–Crippen LogP) is 3.33. The maximum Gasteiger partial charge on any atom is 0.0998 e. The Hall–Kier alpha value is -2.05. The predicted molar refractivity (Wildman–Crippen MR) is 80.9 cm³/mol. The minimum Gasteiger partial charge on any atom is -0.380 e. The number of methoxy groups -OCH3 is 1. The Morgan fingerprint density at radius 2 is 2.00 bits per heavy atom. The van der Waals surface area contributed by atoms with E-state index in [0.29, 0.717) is 6.10 Å². The first-order chi connectivity index (χ1) is 9.83. The van der Waals surface area contributed by atoms with E-state index in [-0.39, 0.29) is 0 Å². The molecule has 0 radical (unpaired) electrons. The Balaban J connectivity index is 2.06. The number of hydrogen-bond donors (Lipinski definition) is 0. The second-order valence-corrected chi connectivity index (χ2v) is 5.24. The van der Waals surface area contributed by atoms with Gasteiger partial charge in [-0.1, -0.05) is 24.3 Å². The topological polar surface area (TPSA) is 36.3 Å². The highest BCUT2D eigenvalue weighted by Gasteiger charge is 2.21. The van der Waals surface area contributed by atoms with E-state index < -0.39 is 0 Å². The van der Waals surface area contributed by atoms with Gasteiger partial charge in [0.1, 0.15) is 0 Å². The largest absolute Gasteiger partial charge is 0.380 e. The zero-order valence-electron chi connectivity index (χ0n) is 11.7. The number of fused-ring (bicyclic) bond motifs is 1. The van der Waals surface area contributed by atoms with Gasteiger partial charge in [-0.15, -0.1) is 0 Å². The molecule has 1 aliphatic heterocycles. The number of ether oxygens (including phenoxy) is 1. The molecule has 1 fully saturated rings. The first kappa shape index (κ1) is 13.0. The van der Waals surface area contributed by atoms with Crippen LogP contribution in [0, 0.1) is 11.3 Å². The molecule has 0 amide bonds. The summed E-state index contributed by atoms with van der Waals surface area (Å²) in [5.41, 5.74) is 1.95. The third-order valence-electron chi connectivity index (χ3n) is 4.07. The van der Waals surface area contributed by atoms with Gasteiger partial charge in [0.2, 0.25) is 0 Å². The molecular weight excluding hydrogens is 248 g/mol. The molecule has 0 N–H and O–H groups in total. The van der Waals surface area contributed by atoms with Gasteiger partial charge in [-0.2, -0.15) is 5.26 Å². The van der Waals surface area contributed by atoms with Gasteiger partial charge in [-0.3, -0.25) is 0 Å². The Morgan fingerprint density at radius 1 is 1.20 bits per heavy atom. The van der Waals surface area contributed by atoms with E-state index in [9.17, 15) is 5.26 Å². The third kappa shape index (κ3) is 2.23. The second-order valence-electron chi connectivity index (χ2n) is 5.24. The van der Waals surface area contributed by atoms with Gasteiger partial charge >= 0.3 is 0 Å².